The Hall–Kier alpha value is -6.47. The number of ether oxygens (including phenoxy) is 3. The summed E-state index contributed by atoms with van der Waals surface area (Å²) >= 11 is 0. The summed E-state index contributed by atoms with van der Waals surface area (Å²) in [7, 11) is 2.59. The van der Waals surface area contributed by atoms with E-state index >= 15 is 0 Å². The van der Waals surface area contributed by atoms with Crippen LogP contribution in [0.25, 0.3) is 33.2 Å². The fourth-order valence-electron chi connectivity index (χ4n) is 8.72. The van der Waals surface area contributed by atoms with Crippen LogP contribution in [0, 0.1) is 23.7 Å². The molecule has 4 unspecified atom stereocenters. The zero-order valence-corrected chi connectivity index (χ0v) is 34.8. The highest BCUT2D eigenvalue weighted by Crippen LogP contribution is 2.35. The van der Waals surface area contributed by atoms with Crippen LogP contribution in [0.1, 0.15) is 87.4 Å². The number of methoxy groups -OCH3 is 2. The van der Waals surface area contributed by atoms with Crippen molar-refractivity contribution in [1.82, 2.24) is 45.4 Å². The predicted octanol–water partition coefficient (Wildman–Crippen LogP) is 5.76. The first-order valence-electron chi connectivity index (χ1n) is 21.0. The lowest BCUT2D eigenvalue weighted by Gasteiger charge is -2.34. The number of hydrogen-bond donors (Lipinski definition) is 4. The molecule has 3 aliphatic rings. The van der Waals surface area contributed by atoms with E-state index in [1.807, 2.05) is 61.2 Å². The fraction of sp³-hybridized carbons (Fsp3) is 0.444. The van der Waals surface area contributed by atoms with Crippen molar-refractivity contribution < 1.29 is 33.4 Å². The standard InChI is InChI=1S/C45H51N9O7/c1-26(2)38(51-44(57)59-3)42(55)54-20-6-8-37(54)41-48-33-15-10-27(23-34(33)49-41)9-13-31-14-11-29-24-30(12-16-32(29)47-31)35-25-46-40(50-35)36-7-5-19-53(36)43(56)39(52-45(58)60-4)28-17-21-61-22-18-28/h10-12,14-16,23-26,28,36-39H,5-8,17-22H2,1-4H3,(H,46,50)(H,48,49)(H,51,57)(H,52,58). The quantitative estimate of drug-likeness (QED) is 0.133. The average Bonchev–Trinajstić information content (AvgIpc) is 4.12. The van der Waals surface area contributed by atoms with Gasteiger partial charge in [0.25, 0.3) is 0 Å². The molecule has 2 aromatic carbocycles. The Morgan fingerprint density at radius 3 is 2.23 bits per heavy atom. The molecule has 0 radical (unpaired) electrons. The van der Waals surface area contributed by atoms with E-state index in [0.29, 0.717) is 56.5 Å². The molecule has 4 amide bonds. The summed E-state index contributed by atoms with van der Waals surface area (Å²) in [6, 6.07) is 13.8. The van der Waals surface area contributed by atoms with Crippen molar-refractivity contribution in [3.63, 3.8) is 0 Å². The van der Waals surface area contributed by atoms with Gasteiger partial charge in [0.1, 0.15) is 29.4 Å². The van der Waals surface area contributed by atoms with Crippen molar-refractivity contribution in [2.24, 2.45) is 11.8 Å². The van der Waals surface area contributed by atoms with Gasteiger partial charge >= 0.3 is 12.2 Å². The molecule has 6 heterocycles. The molecule has 61 heavy (non-hydrogen) atoms. The Kier molecular flexibility index (Phi) is 12.2. The number of aromatic nitrogens is 5. The van der Waals surface area contributed by atoms with Gasteiger partial charge < -0.3 is 44.6 Å². The maximum atomic E-state index is 14.0. The molecule has 0 bridgehead atoms. The van der Waals surface area contributed by atoms with Gasteiger partial charge in [-0.3, -0.25) is 9.59 Å². The number of rotatable bonds is 9. The van der Waals surface area contributed by atoms with Crippen LogP contribution in [0.5, 0.6) is 0 Å². The summed E-state index contributed by atoms with van der Waals surface area (Å²) in [4.78, 5) is 76.7. The van der Waals surface area contributed by atoms with Gasteiger partial charge in [0, 0.05) is 42.8 Å². The molecule has 0 saturated carbocycles. The zero-order valence-electron chi connectivity index (χ0n) is 34.8. The van der Waals surface area contributed by atoms with E-state index < -0.39 is 24.3 Å². The molecule has 3 saturated heterocycles. The van der Waals surface area contributed by atoms with Crippen LogP contribution in [-0.4, -0.2) is 111 Å². The summed E-state index contributed by atoms with van der Waals surface area (Å²) in [5.74, 6) is 7.42. The lowest BCUT2D eigenvalue weighted by atomic mass is 9.90. The maximum absolute atomic E-state index is 14.0. The first-order chi connectivity index (χ1) is 29.6. The number of benzene rings is 2. The van der Waals surface area contributed by atoms with Crippen LogP contribution in [0.2, 0.25) is 0 Å². The number of pyridine rings is 1. The average molecular weight is 830 g/mol. The van der Waals surface area contributed by atoms with E-state index in [2.05, 4.69) is 38.5 Å². The van der Waals surface area contributed by atoms with Crippen molar-refractivity contribution in [3.05, 3.63) is 77.6 Å². The molecule has 0 spiro atoms. The molecule has 318 valence electrons. The van der Waals surface area contributed by atoms with Crippen LogP contribution in [0.4, 0.5) is 9.59 Å². The van der Waals surface area contributed by atoms with Gasteiger partial charge in [-0.05, 0) is 98.7 Å². The third kappa shape index (κ3) is 8.88. The highest BCUT2D eigenvalue weighted by molar-refractivity contribution is 5.88. The van der Waals surface area contributed by atoms with Crippen LogP contribution in [0.15, 0.2) is 54.7 Å². The zero-order chi connectivity index (χ0) is 42.6. The van der Waals surface area contributed by atoms with Crippen molar-refractivity contribution >= 4 is 45.9 Å². The number of aromatic amines is 2. The van der Waals surface area contributed by atoms with Crippen LogP contribution in [-0.2, 0) is 23.8 Å². The monoisotopic (exact) mass is 829 g/mol. The molecule has 5 aromatic rings. The number of nitrogens with one attached hydrogen (secondary N) is 4. The molecular weight excluding hydrogens is 779 g/mol. The number of H-pyrrole nitrogens is 2. The summed E-state index contributed by atoms with van der Waals surface area (Å²) in [6.45, 7) is 6.05. The van der Waals surface area contributed by atoms with Crippen molar-refractivity contribution in [3.8, 4) is 23.1 Å². The molecule has 4 N–H and O–H groups in total. The van der Waals surface area contributed by atoms with Gasteiger partial charge in [-0.2, -0.15) is 0 Å². The normalized spacial score (nSPS) is 19.1. The Labute approximate surface area is 353 Å². The minimum Gasteiger partial charge on any atom is -0.453 e. The molecular formula is C45H51N9O7. The molecule has 3 aromatic heterocycles. The third-order valence-corrected chi connectivity index (χ3v) is 12.0. The van der Waals surface area contributed by atoms with Gasteiger partial charge in [-0.15, -0.1) is 0 Å². The van der Waals surface area contributed by atoms with Gasteiger partial charge in [0.2, 0.25) is 11.8 Å². The third-order valence-electron chi connectivity index (χ3n) is 12.0. The lowest BCUT2D eigenvalue weighted by Crippen LogP contribution is -2.53. The van der Waals surface area contributed by atoms with Gasteiger partial charge in [-0.1, -0.05) is 25.8 Å². The van der Waals surface area contributed by atoms with E-state index in [1.54, 1.807) is 11.1 Å². The molecule has 4 atom stereocenters. The molecule has 16 nitrogen and oxygen atoms in total. The number of alkyl carbamates (subject to hydrolysis) is 2. The summed E-state index contributed by atoms with van der Waals surface area (Å²) < 4.78 is 15.1. The summed E-state index contributed by atoms with van der Waals surface area (Å²) in [5.41, 5.74) is 5.57. The van der Waals surface area contributed by atoms with Gasteiger partial charge in [-0.25, -0.2) is 24.5 Å². The largest absolute Gasteiger partial charge is 0.453 e. The Morgan fingerprint density at radius 2 is 1.49 bits per heavy atom. The number of hydrogen-bond acceptors (Lipinski definition) is 10. The maximum Gasteiger partial charge on any atom is 0.407 e. The lowest BCUT2D eigenvalue weighted by molar-refractivity contribution is -0.137. The summed E-state index contributed by atoms with van der Waals surface area (Å²) in [5, 5.41) is 6.44. The summed E-state index contributed by atoms with van der Waals surface area (Å²) in [6.07, 6.45) is 5.10. The molecule has 3 fully saturated rings. The van der Waals surface area contributed by atoms with Crippen LogP contribution in [0.3, 0.4) is 0 Å². The molecule has 8 rings (SSSR count). The minimum atomic E-state index is -0.704. The predicted molar refractivity (Wildman–Crippen MR) is 226 cm³/mol. The number of amides is 4. The first-order valence-corrected chi connectivity index (χ1v) is 21.0. The number of fused-ring (bicyclic) bond motifs is 2. The highest BCUT2D eigenvalue weighted by atomic mass is 16.5. The van der Waals surface area contributed by atoms with E-state index in [1.165, 1.54) is 14.2 Å². The fourth-order valence-corrected chi connectivity index (χ4v) is 8.72. The smallest absolute Gasteiger partial charge is 0.407 e. The number of nitrogens with zero attached hydrogens (tertiary/aromatic N) is 5. The minimum absolute atomic E-state index is 0.0371. The van der Waals surface area contributed by atoms with Crippen LogP contribution < -0.4 is 10.6 Å². The molecule has 0 aliphatic carbocycles. The first kappa shape index (κ1) is 41.3. The van der Waals surface area contributed by atoms with E-state index in [-0.39, 0.29) is 35.7 Å². The number of carbonyl (C=O) groups excluding carboxylic acids is 4. The van der Waals surface area contributed by atoms with E-state index in [0.717, 1.165) is 64.4 Å². The van der Waals surface area contributed by atoms with Crippen molar-refractivity contribution in [2.45, 2.75) is 76.5 Å². The Bertz CT molecular complexity index is 2500. The van der Waals surface area contributed by atoms with E-state index in [9.17, 15) is 19.2 Å². The van der Waals surface area contributed by atoms with E-state index in [4.69, 9.17) is 29.2 Å². The van der Waals surface area contributed by atoms with Crippen molar-refractivity contribution in [2.75, 3.05) is 40.5 Å². The topological polar surface area (TPSA) is 197 Å². The Balaban J connectivity index is 0.946. The number of imidazole rings is 2. The second-order valence-corrected chi connectivity index (χ2v) is 16.2. The van der Waals surface area contributed by atoms with Gasteiger partial charge in [0.05, 0.1) is 54.7 Å². The molecule has 3 aliphatic heterocycles. The second kappa shape index (κ2) is 18.0. The van der Waals surface area contributed by atoms with Crippen LogP contribution >= 0.6 is 0 Å². The number of likely N-dealkylation sites (tertiary alicyclic amines) is 2. The number of carbonyl (C=O) groups is 4. The van der Waals surface area contributed by atoms with Crippen molar-refractivity contribution in [1.29, 1.82) is 0 Å². The second-order valence-electron chi connectivity index (χ2n) is 16.2. The Morgan fingerprint density at radius 1 is 0.787 bits per heavy atom. The molecule has 16 heteroatoms. The van der Waals surface area contributed by atoms with Gasteiger partial charge in [0.15, 0.2) is 0 Å². The SMILES string of the molecule is COC(=O)NC(C(=O)N1CCCC1c1nc2ccc(C#Cc3ccc4cc(-c5cnc(C6CCCN6C(=O)C(NC(=O)OC)C6CCOCC6)[nH]5)ccc4n3)cc2[nH]1)C(C)C. The highest BCUT2D eigenvalue weighted by Gasteiger charge is 2.40.